The van der Waals surface area contributed by atoms with Gasteiger partial charge in [0.15, 0.2) is 0 Å². The van der Waals surface area contributed by atoms with Crippen LogP contribution in [0.25, 0.3) is 0 Å². The lowest BCUT2D eigenvalue weighted by Crippen LogP contribution is -2.49. The molecule has 1 unspecified atom stereocenters. The zero-order chi connectivity index (χ0) is 25.6. The number of amides is 2. The molecule has 0 aliphatic carbocycles. The Labute approximate surface area is 201 Å². The van der Waals surface area contributed by atoms with Crippen molar-refractivity contribution in [1.82, 2.24) is 19.8 Å². The first-order valence-electron chi connectivity index (χ1n) is 11.4. The lowest BCUT2D eigenvalue weighted by molar-refractivity contribution is -0.138. The van der Waals surface area contributed by atoms with Crippen molar-refractivity contribution in [2.45, 2.75) is 25.9 Å². The van der Waals surface area contributed by atoms with E-state index in [0.29, 0.717) is 63.6 Å². The van der Waals surface area contributed by atoms with Crippen LogP contribution in [0.15, 0.2) is 23.7 Å². The van der Waals surface area contributed by atoms with Crippen molar-refractivity contribution in [2.75, 3.05) is 57.4 Å². The first kappa shape index (κ1) is 26.4. The Hall–Kier alpha value is -3.22. The fourth-order valence-corrected chi connectivity index (χ4v) is 4.18. The molecule has 3 rings (SSSR count). The van der Waals surface area contributed by atoms with E-state index >= 15 is 0 Å². The molecule has 13 heteroatoms. The number of nitrogens with zero attached hydrogens (tertiary/aromatic N) is 5. The van der Waals surface area contributed by atoms with Crippen LogP contribution in [0.2, 0.25) is 0 Å². The highest BCUT2D eigenvalue weighted by atomic mass is 19.4. The molecule has 0 saturated carbocycles. The Balaban J connectivity index is 1.38. The number of hydrogen-bond donors (Lipinski definition) is 2. The summed E-state index contributed by atoms with van der Waals surface area (Å²) in [6, 6.07) is 0. The van der Waals surface area contributed by atoms with Gasteiger partial charge in [0.1, 0.15) is 0 Å². The van der Waals surface area contributed by atoms with Crippen LogP contribution in [-0.4, -0.2) is 90.3 Å². The Morgan fingerprint density at radius 2 is 1.86 bits per heavy atom. The summed E-state index contributed by atoms with van der Waals surface area (Å²) in [7, 11) is 0. The van der Waals surface area contributed by atoms with E-state index in [1.165, 1.54) is 0 Å². The van der Waals surface area contributed by atoms with Crippen LogP contribution >= 0.6 is 0 Å². The molecule has 3 heterocycles. The van der Waals surface area contributed by atoms with Crippen LogP contribution in [0.1, 0.15) is 25.3 Å². The Kier molecular flexibility index (Phi) is 8.65. The highest BCUT2D eigenvalue weighted by molar-refractivity contribution is 5.98. The first-order valence-corrected chi connectivity index (χ1v) is 11.4. The van der Waals surface area contributed by atoms with Gasteiger partial charge in [-0.15, -0.1) is 0 Å². The van der Waals surface area contributed by atoms with Gasteiger partial charge in [0.05, 0.1) is 30.9 Å². The molecule has 1 atom stereocenters. The topological polar surface area (TPSA) is 129 Å². The van der Waals surface area contributed by atoms with E-state index in [2.05, 4.69) is 9.97 Å². The average Bonchev–Trinajstić information content (AvgIpc) is 2.83. The van der Waals surface area contributed by atoms with Gasteiger partial charge < -0.3 is 30.6 Å². The second-order valence-corrected chi connectivity index (χ2v) is 8.63. The van der Waals surface area contributed by atoms with Gasteiger partial charge in [0.2, 0.25) is 17.8 Å². The van der Waals surface area contributed by atoms with E-state index in [1.807, 2.05) is 11.8 Å². The predicted molar refractivity (Wildman–Crippen MR) is 122 cm³/mol. The number of alkyl halides is 3. The number of primary amides is 1. The van der Waals surface area contributed by atoms with E-state index < -0.39 is 17.6 Å². The third kappa shape index (κ3) is 6.90. The summed E-state index contributed by atoms with van der Waals surface area (Å²) >= 11 is 0. The minimum atomic E-state index is -4.48. The van der Waals surface area contributed by atoms with Crippen molar-refractivity contribution in [3.05, 3.63) is 29.2 Å². The summed E-state index contributed by atoms with van der Waals surface area (Å²) in [6.45, 7) is 5.43. The number of hydrogen-bond acceptors (Lipinski definition) is 8. The molecule has 0 spiro atoms. The molecule has 2 amide bonds. The number of anilines is 1. The average molecular weight is 498 g/mol. The molecule has 0 bridgehead atoms. The van der Waals surface area contributed by atoms with Crippen molar-refractivity contribution in [1.29, 1.82) is 5.41 Å². The van der Waals surface area contributed by atoms with Crippen molar-refractivity contribution < 1.29 is 27.5 Å². The van der Waals surface area contributed by atoms with Crippen molar-refractivity contribution in [2.24, 2.45) is 11.7 Å². The smallest absolute Gasteiger partial charge is 0.379 e. The Morgan fingerprint density at radius 1 is 1.20 bits per heavy atom. The number of ether oxygens (including phenoxy) is 1. The number of rotatable bonds is 9. The van der Waals surface area contributed by atoms with Gasteiger partial charge in [-0.2, -0.15) is 13.2 Å². The molecule has 0 aromatic carbocycles. The molecule has 3 N–H and O–H groups in total. The summed E-state index contributed by atoms with van der Waals surface area (Å²) in [5, 5.41) is 7.63. The molecule has 1 aromatic rings. The number of piperazine rings is 1. The van der Waals surface area contributed by atoms with E-state index in [4.69, 9.17) is 15.9 Å². The maximum atomic E-state index is 12.7. The van der Waals surface area contributed by atoms with Crippen LogP contribution in [0.3, 0.4) is 0 Å². The number of carbonyl (C=O) groups excluding carboxylic acids is 2. The molecule has 2 aliphatic heterocycles. The van der Waals surface area contributed by atoms with E-state index in [1.54, 1.807) is 9.80 Å². The largest absolute Gasteiger partial charge is 0.419 e. The van der Waals surface area contributed by atoms with E-state index in [9.17, 15) is 22.8 Å². The second-order valence-electron chi connectivity index (χ2n) is 8.63. The maximum Gasteiger partial charge on any atom is 0.419 e. The lowest BCUT2D eigenvalue weighted by atomic mass is 9.93. The van der Waals surface area contributed by atoms with E-state index in [-0.39, 0.29) is 30.8 Å². The quantitative estimate of drug-likeness (QED) is 0.388. The fourth-order valence-electron chi connectivity index (χ4n) is 4.18. The highest BCUT2D eigenvalue weighted by Crippen LogP contribution is 2.28. The van der Waals surface area contributed by atoms with Crippen LogP contribution in [0.4, 0.5) is 19.1 Å². The first-order chi connectivity index (χ1) is 16.6. The van der Waals surface area contributed by atoms with Gasteiger partial charge in [0, 0.05) is 63.4 Å². The molecular weight excluding hydrogens is 467 g/mol. The maximum absolute atomic E-state index is 12.7. The third-order valence-electron chi connectivity index (χ3n) is 6.02. The van der Waals surface area contributed by atoms with Gasteiger partial charge >= 0.3 is 6.18 Å². The Morgan fingerprint density at radius 3 is 2.43 bits per heavy atom. The summed E-state index contributed by atoms with van der Waals surface area (Å²) in [5.41, 5.74) is 5.52. The van der Waals surface area contributed by atoms with Gasteiger partial charge in [0.25, 0.3) is 0 Å². The Bertz CT molecular complexity index is 945. The second kappa shape index (κ2) is 11.5. The zero-order valence-electron chi connectivity index (χ0n) is 19.6. The molecular formula is C22H30F3N7O3. The lowest BCUT2D eigenvalue weighted by Gasteiger charge is -2.35. The molecule has 10 nitrogen and oxygen atoms in total. The van der Waals surface area contributed by atoms with Crippen LogP contribution in [-0.2, 0) is 20.5 Å². The zero-order valence-corrected chi connectivity index (χ0v) is 19.6. The van der Waals surface area contributed by atoms with Crippen LogP contribution in [0, 0.1) is 11.3 Å². The molecule has 1 aromatic heterocycles. The molecule has 1 saturated heterocycles. The SMILES string of the molecule is CC1CC(C(N)=O)=C(C=N)N(CCOCCC(=O)N2CCN(c3ncc(C(F)(F)F)cn3)CC2)C1. The van der Waals surface area contributed by atoms with Crippen LogP contribution in [0.5, 0.6) is 0 Å². The minimum Gasteiger partial charge on any atom is -0.379 e. The summed E-state index contributed by atoms with van der Waals surface area (Å²) < 4.78 is 43.6. The molecule has 0 radical (unpaired) electrons. The number of allylic oxidation sites excluding steroid dienone is 1. The van der Waals surface area contributed by atoms with Gasteiger partial charge in [-0.25, -0.2) is 9.97 Å². The van der Waals surface area contributed by atoms with Crippen molar-refractivity contribution >= 4 is 24.0 Å². The number of halogens is 3. The molecule has 35 heavy (non-hydrogen) atoms. The summed E-state index contributed by atoms with van der Waals surface area (Å²) in [6.07, 6.45) is -1.07. The number of carbonyl (C=O) groups is 2. The number of nitrogens with two attached hydrogens (primary N) is 1. The standard InChI is InChI=1S/C22H30F3N7O3/c1-15-10-17(20(27)34)18(11-26)32(14-15)7-9-35-8-2-19(33)30-3-5-31(6-4-30)21-28-12-16(13-29-21)22(23,24)25/h11-13,15,26H,2-10,14H2,1H3,(H2,27,34). The summed E-state index contributed by atoms with van der Waals surface area (Å²) in [4.78, 5) is 37.1. The predicted octanol–water partition coefficient (Wildman–Crippen LogP) is 1.28. The summed E-state index contributed by atoms with van der Waals surface area (Å²) in [5.74, 6) is -0.148. The van der Waals surface area contributed by atoms with Gasteiger partial charge in [-0.05, 0) is 12.3 Å². The monoisotopic (exact) mass is 497 g/mol. The fraction of sp³-hybridized carbons (Fsp3) is 0.591. The highest BCUT2D eigenvalue weighted by Gasteiger charge is 2.32. The van der Waals surface area contributed by atoms with Crippen LogP contribution < -0.4 is 10.6 Å². The third-order valence-corrected chi connectivity index (χ3v) is 6.02. The van der Waals surface area contributed by atoms with Crippen molar-refractivity contribution in [3.8, 4) is 0 Å². The molecule has 1 fully saturated rings. The number of nitrogens with one attached hydrogen (secondary N) is 1. The van der Waals surface area contributed by atoms with Crippen molar-refractivity contribution in [3.63, 3.8) is 0 Å². The van der Waals surface area contributed by atoms with E-state index in [0.717, 1.165) is 18.6 Å². The van der Waals surface area contributed by atoms with Gasteiger partial charge in [-0.1, -0.05) is 6.92 Å². The molecule has 2 aliphatic rings. The number of aromatic nitrogens is 2. The van der Waals surface area contributed by atoms with Gasteiger partial charge in [-0.3, -0.25) is 9.59 Å². The normalized spacial score (nSPS) is 19.2. The minimum absolute atomic E-state index is 0.0688. The molecule has 192 valence electrons.